The first-order chi connectivity index (χ1) is 7.31. The van der Waals surface area contributed by atoms with Crippen LogP contribution >= 0.6 is 11.8 Å². The Morgan fingerprint density at radius 3 is 2.27 bits per heavy atom. The summed E-state index contributed by atoms with van der Waals surface area (Å²) < 4.78 is 4.33. The maximum atomic E-state index is 10.2. The molecule has 0 atom stereocenters. The van der Waals surface area contributed by atoms with Crippen LogP contribution in [0.4, 0.5) is 0 Å². The molecule has 0 saturated heterocycles. The third-order valence-corrected chi connectivity index (χ3v) is 0.930. The average molecular weight is 227 g/mol. The van der Waals surface area contributed by atoms with E-state index >= 15 is 0 Å². The molecule has 0 amide bonds. The van der Waals surface area contributed by atoms with E-state index in [2.05, 4.69) is 19.9 Å². The molecule has 0 unspecified atom stereocenters. The van der Waals surface area contributed by atoms with Crippen molar-refractivity contribution in [2.45, 2.75) is 0 Å². The van der Waals surface area contributed by atoms with Crippen molar-refractivity contribution in [1.29, 1.82) is 0 Å². The number of nitrogens with zero attached hydrogens (tertiary/aromatic N) is 2. The summed E-state index contributed by atoms with van der Waals surface area (Å²) >= 11 is 1.75. The molecule has 2 rings (SSSR count). The zero-order valence-corrected chi connectivity index (χ0v) is 9.40. The lowest BCUT2D eigenvalue weighted by Gasteiger charge is -1.72. The van der Waals surface area contributed by atoms with Crippen LogP contribution in [-0.4, -0.2) is 27.9 Å². The van der Waals surface area contributed by atoms with Gasteiger partial charge in [0.15, 0.2) is 0 Å². The summed E-state index contributed by atoms with van der Waals surface area (Å²) in [6.07, 6.45) is 8.70. The number of aromatic nitrogens is 3. The van der Waals surface area contributed by atoms with E-state index in [1.54, 1.807) is 30.1 Å². The number of hydrogen-bond donors (Lipinski definition) is 1. The lowest BCUT2D eigenvalue weighted by atomic mass is 10.6. The van der Waals surface area contributed by atoms with Crippen LogP contribution in [0, 0.1) is 0 Å². The van der Waals surface area contributed by atoms with Crippen molar-refractivity contribution in [1.82, 2.24) is 15.4 Å². The summed E-state index contributed by atoms with van der Waals surface area (Å²) in [7, 11) is 0. The van der Waals surface area contributed by atoms with Crippen LogP contribution in [0.25, 0.3) is 0 Å². The van der Waals surface area contributed by atoms with Gasteiger partial charge in [-0.15, -0.1) is 0 Å². The molecule has 0 aliphatic heterocycles. The summed E-state index contributed by atoms with van der Waals surface area (Å²) in [6.45, 7) is 0. The molecule has 5 nitrogen and oxygen atoms in total. The molecule has 2 heterocycles. The lowest BCUT2D eigenvalue weighted by molar-refractivity contribution is 0.420. The first-order valence-corrected chi connectivity index (χ1v) is 5.68. The molecule has 0 fully saturated rings. The largest absolute Gasteiger partial charge is 0.365 e. The fourth-order valence-corrected chi connectivity index (χ4v) is 0.487. The van der Waals surface area contributed by atoms with Gasteiger partial charge in [-0.2, -0.15) is 16.9 Å². The number of rotatable bonds is 0. The average Bonchev–Trinajstić information content (AvgIpc) is 2.78. The van der Waals surface area contributed by atoms with Crippen molar-refractivity contribution in [3.63, 3.8) is 0 Å². The Hall–Kier alpha value is -1.56. The Kier molecular flexibility index (Phi) is 9.43. The third kappa shape index (κ3) is 10.4. The fraction of sp³-hybridized carbons (Fsp3) is 0.222. The van der Waals surface area contributed by atoms with E-state index in [0.29, 0.717) is 0 Å². The summed E-state index contributed by atoms with van der Waals surface area (Å²) in [5, 5.41) is 9.02. The number of thioether (sulfide) groups is 1. The molecule has 0 bridgehead atoms. The summed E-state index contributed by atoms with van der Waals surface area (Å²) in [5.41, 5.74) is -0.164. The molecule has 0 saturated carbocycles. The predicted octanol–water partition coefficient (Wildman–Crippen LogP) is 1.42. The van der Waals surface area contributed by atoms with E-state index in [1.807, 2.05) is 12.5 Å². The molecule has 15 heavy (non-hydrogen) atoms. The minimum absolute atomic E-state index is 0.164. The Morgan fingerprint density at radius 1 is 1.33 bits per heavy atom. The Balaban J connectivity index is 0.000000216. The van der Waals surface area contributed by atoms with Crippen LogP contribution in [0.3, 0.4) is 0 Å². The molecule has 2 aromatic rings. The van der Waals surface area contributed by atoms with Crippen molar-refractivity contribution < 1.29 is 4.52 Å². The zero-order chi connectivity index (χ0) is 11.4. The number of hydrogen-bond acceptors (Lipinski definition) is 5. The van der Waals surface area contributed by atoms with Crippen molar-refractivity contribution >= 4 is 11.8 Å². The van der Waals surface area contributed by atoms with Gasteiger partial charge in [0.1, 0.15) is 6.26 Å². The van der Waals surface area contributed by atoms with Crippen molar-refractivity contribution in [2.75, 3.05) is 12.5 Å². The molecule has 0 aromatic carbocycles. The highest BCUT2D eigenvalue weighted by Gasteiger charge is 1.70. The lowest BCUT2D eigenvalue weighted by Crippen LogP contribution is -2.02. The van der Waals surface area contributed by atoms with E-state index in [-0.39, 0.29) is 5.56 Å². The van der Waals surface area contributed by atoms with Crippen molar-refractivity contribution in [2.24, 2.45) is 0 Å². The first-order valence-electron chi connectivity index (χ1n) is 4.05. The van der Waals surface area contributed by atoms with Gasteiger partial charge in [-0.25, -0.2) is 5.10 Å². The van der Waals surface area contributed by atoms with Crippen LogP contribution in [0.5, 0.6) is 0 Å². The van der Waals surface area contributed by atoms with E-state index in [1.165, 1.54) is 18.5 Å². The number of H-pyrrole nitrogens is 1. The molecular weight excluding hydrogens is 214 g/mol. The van der Waals surface area contributed by atoms with Crippen LogP contribution < -0.4 is 5.56 Å². The van der Waals surface area contributed by atoms with Crippen LogP contribution in [0.1, 0.15) is 0 Å². The van der Waals surface area contributed by atoms with E-state index in [0.717, 1.165) is 0 Å². The molecule has 0 aliphatic rings. The maximum absolute atomic E-state index is 10.2. The minimum atomic E-state index is -0.164. The third-order valence-electron chi connectivity index (χ3n) is 0.930. The van der Waals surface area contributed by atoms with Crippen molar-refractivity contribution in [3.8, 4) is 0 Å². The molecule has 6 heteroatoms. The molecule has 0 spiro atoms. The second-order valence-corrected chi connectivity index (χ2v) is 3.03. The highest BCUT2D eigenvalue weighted by Crippen LogP contribution is 1.72. The summed E-state index contributed by atoms with van der Waals surface area (Å²) in [6, 6.07) is 4.71. The Bertz CT molecular complexity index is 327. The standard InChI is InChI=1S/C4H4N2O.C3H3NO.C2H6S/c7-4-2-1-3-5-6-4;1-2-4-5-3-1;1-3-2/h1-3H,(H,6,7);1-3H;1-2H3. The van der Waals surface area contributed by atoms with Crippen LogP contribution in [-0.2, 0) is 0 Å². The summed E-state index contributed by atoms with van der Waals surface area (Å²) in [5.74, 6) is 0. The highest BCUT2D eigenvalue weighted by atomic mass is 32.2. The van der Waals surface area contributed by atoms with Crippen LogP contribution in [0.2, 0.25) is 0 Å². The molecule has 0 radical (unpaired) electrons. The second-order valence-electron chi connectivity index (χ2n) is 2.21. The second kappa shape index (κ2) is 10.5. The Labute approximate surface area is 91.9 Å². The Morgan fingerprint density at radius 2 is 2.07 bits per heavy atom. The number of aromatic amines is 1. The van der Waals surface area contributed by atoms with Gasteiger partial charge < -0.3 is 4.52 Å². The monoisotopic (exact) mass is 227 g/mol. The van der Waals surface area contributed by atoms with Gasteiger partial charge in [-0.05, 0) is 24.6 Å². The van der Waals surface area contributed by atoms with Gasteiger partial charge in [0, 0.05) is 12.3 Å². The molecule has 82 valence electrons. The van der Waals surface area contributed by atoms with Gasteiger partial charge in [-0.3, -0.25) is 4.79 Å². The number of nitrogens with one attached hydrogen (secondary N) is 1. The quantitative estimate of drug-likeness (QED) is 0.737. The predicted molar refractivity (Wildman–Crippen MR) is 60.8 cm³/mol. The SMILES string of the molecule is CSC.O=c1cccn[nH]1.c1cnoc1. The van der Waals surface area contributed by atoms with E-state index in [4.69, 9.17) is 0 Å². The minimum Gasteiger partial charge on any atom is -0.365 e. The van der Waals surface area contributed by atoms with Crippen LogP contribution in [0.15, 0.2) is 46.2 Å². The molecule has 1 N–H and O–H groups in total. The topological polar surface area (TPSA) is 71.8 Å². The fourth-order valence-electron chi connectivity index (χ4n) is 0.487. The van der Waals surface area contributed by atoms with Crippen molar-refractivity contribution in [3.05, 3.63) is 47.2 Å². The highest BCUT2D eigenvalue weighted by molar-refractivity contribution is 7.97. The summed E-state index contributed by atoms with van der Waals surface area (Å²) in [4.78, 5) is 10.2. The van der Waals surface area contributed by atoms with Gasteiger partial charge in [0.2, 0.25) is 0 Å². The first kappa shape index (κ1) is 13.4. The van der Waals surface area contributed by atoms with E-state index < -0.39 is 0 Å². The molecule has 2 aromatic heterocycles. The molecular formula is C9H13N3O2S. The zero-order valence-electron chi connectivity index (χ0n) is 8.58. The van der Waals surface area contributed by atoms with Gasteiger partial charge in [0.25, 0.3) is 5.56 Å². The normalized spacial score (nSPS) is 7.87. The van der Waals surface area contributed by atoms with Gasteiger partial charge >= 0.3 is 0 Å². The van der Waals surface area contributed by atoms with Gasteiger partial charge in [-0.1, -0.05) is 5.16 Å². The van der Waals surface area contributed by atoms with Gasteiger partial charge in [0.05, 0.1) is 6.20 Å². The smallest absolute Gasteiger partial charge is 0.264 e. The maximum Gasteiger partial charge on any atom is 0.264 e. The van der Waals surface area contributed by atoms with E-state index in [9.17, 15) is 4.79 Å². The molecule has 0 aliphatic carbocycles.